The number of benzene rings is 2. The van der Waals surface area contributed by atoms with Crippen molar-refractivity contribution in [3.8, 4) is 5.75 Å². The zero-order valence-electron chi connectivity index (χ0n) is 14.0. The Labute approximate surface area is 145 Å². The summed E-state index contributed by atoms with van der Waals surface area (Å²) in [7, 11) is 0. The number of hydrogen-bond donors (Lipinski definition) is 1. The molecule has 2 aromatic carbocycles. The molecule has 0 saturated heterocycles. The van der Waals surface area contributed by atoms with Gasteiger partial charge in [-0.3, -0.25) is 10.1 Å². The van der Waals surface area contributed by atoms with Gasteiger partial charge in [-0.2, -0.15) is 0 Å². The molecule has 124 valence electrons. The minimum atomic E-state index is -0.164. The van der Waals surface area contributed by atoms with Crippen molar-refractivity contribution in [1.29, 1.82) is 0 Å². The highest BCUT2D eigenvalue weighted by Gasteiger charge is 2.11. The van der Waals surface area contributed by atoms with Crippen LogP contribution in [0.15, 0.2) is 42.5 Å². The van der Waals surface area contributed by atoms with E-state index in [1.165, 1.54) is 16.9 Å². The van der Waals surface area contributed by atoms with Crippen LogP contribution in [0.2, 0.25) is 0 Å². The van der Waals surface area contributed by atoms with Crippen LogP contribution >= 0.6 is 11.3 Å². The Hall–Kier alpha value is -2.40. The molecule has 0 spiro atoms. The van der Waals surface area contributed by atoms with E-state index < -0.39 is 0 Å². The van der Waals surface area contributed by atoms with Crippen molar-refractivity contribution in [2.75, 3.05) is 5.32 Å². The molecule has 4 nitrogen and oxygen atoms in total. The lowest BCUT2D eigenvalue weighted by Gasteiger charge is -2.09. The van der Waals surface area contributed by atoms with Gasteiger partial charge in [-0.1, -0.05) is 30.4 Å². The van der Waals surface area contributed by atoms with Gasteiger partial charge >= 0.3 is 0 Å². The van der Waals surface area contributed by atoms with Gasteiger partial charge in [0, 0.05) is 5.56 Å². The SMILES string of the molecule is CCc1cccc2sc(NC(=O)c3ccc(OC(C)C)cc3)nc12. The molecule has 0 fully saturated rings. The van der Waals surface area contributed by atoms with Gasteiger partial charge in [-0.05, 0) is 56.2 Å². The molecule has 3 aromatic rings. The van der Waals surface area contributed by atoms with Crippen molar-refractivity contribution in [3.63, 3.8) is 0 Å². The molecule has 1 aromatic heterocycles. The zero-order valence-corrected chi connectivity index (χ0v) is 14.8. The molecule has 0 aliphatic rings. The number of nitrogens with one attached hydrogen (secondary N) is 1. The van der Waals surface area contributed by atoms with Crippen molar-refractivity contribution < 1.29 is 9.53 Å². The van der Waals surface area contributed by atoms with Crippen LogP contribution in [-0.4, -0.2) is 17.0 Å². The van der Waals surface area contributed by atoms with Crippen molar-refractivity contribution >= 4 is 32.6 Å². The molecule has 1 N–H and O–H groups in total. The molecular formula is C19H20N2O2S. The van der Waals surface area contributed by atoms with E-state index in [0.29, 0.717) is 10.7 Å². The molecule has 0 aliphatic carbocycles. The lowest BCUT2D eigenvalue weighted by atomic mass is 10.1. The summed E-state index contributed by atoms with van der Waals surface area (Å²) in [6.07, 6.45) is 1.03. The second-order valence-corrected chi connectivity index (χ2v) is 6.81. The number of thiazole rings is 1. The van der Waals surface area contributed by atoms with Gasteiger partial charge in [-0.15, -0.1) is 0 Å². The van der Waals surface area contributed by atoms with Crippen LogP contribution in [0.5, 0.6) is 5.75 Å². The van der Waals surface area contributed by atoms with Crippen molar-refractivity contribution in [2.45, 2.75) is 33.3 Å². The number of para-hydroxylation sites is 1. The van der Waals surface area contributed by atoms with E-state index in [4.69, 9.17) is 4.74 Å². The maximum absolute atomic E-state index is 12.4. The van der Waals surface area contributed by atoms with Crippen molar-refractivity contribution in [1.82, 2.24) is 4.98 Å². The first-order valence-corrected chi connectivity index (χ1v) is 8.85. The molecule has 3 rings (SSSR count). The average Bonchev–Trinajstić information content (AvgIpc) is 2.97. The number of aromatic nitrogens is 1. The number of amides is 1. The van der Waals surface area contributed by atoms with Gasteiger partial charge in [0.1, 0.15) is 5.75 Å². The number of fused-ring (bicyclic) bond motifs is 1. The Kier molecular flexibility index (Phi) is 4.81. The third-order valence-corrected chi connectivity index (χ3v) is 4.53. The van der Waals surface area contributed by atoms with Crippen molar-refractivity contribution in [3.05, 3.63) is 53.6 Å². The van der Waals surface area contributed by atoms with Crippen LogP contribution in [0.4, 0.5) is 5.13 Å². The van der Waals surface area contributed by atoms with E-state index in [9.17, 15) is 4.79 Å². The van der Waals surface area contributed by atoms with Gasteiger partial charge in [0.15, 0.2) is 5.13 Å². The molecule has 0 radical (unpaired) electrons. The number of nitrogens with zero attached hydrogens (tertiary/aromatic N) is 1. The normalized spacial score (nSPS) is 11.0. The second-order valence-electron chi connectivity index (χ2n) is 5.78. The van der Waals surface area contributed by atoms with E-state index in [1.807, 2.05) is 38.1 Å². The molecule has 24 heavy (non-hydrogen) atoms. The van der Waals surface area contributed by atoms with Gasteiger partial charge in [0.05, 0.1) is 16.3 Å². The highest BCUT2D eigenvalue weighted by atomic mass is 32.1. The lowest BCUT2D eigenvalue weighted by Crippen LogP contribution is -2.12. The van der Waals surface area contributed by atoms with E-state index in [-0.39, 0.29) is 12.0 Å². The predicted octanol–water partition coefficient (Wildman–Crippen LogP) is 4.90. The lowest BCUT2D eigenvalue weighted by molar-refractivity contribution is 0.102. The Morgan fingerprint density at radius 3 is 2.62 bits per heavy atom. The number of hydrogen-bond acceptors (Lipinski definition) is 4. The summed E-state index contributed by atoms with van der Waals surface area (Å²) < 4.78 is 6.68. The number of anilines is 1. The third-order valence-electron chi connectivity index (χ3n) is 3.59. The van der Waals surface area contributed by atoms with E-state index in [0.717, 1.165) is 22.4 Å². The number of carbonyl (C=O) groups is 1. The largest absolute Gasteiger partial charge is 0.491 e. The van der Waals surface area contributed by atoms with Gasteiger partial charge < -0.3 is 4.74 Å². The number of carbonyl (C=O) groups excluding carboxylic acids is 1. The first kappa shape index (κ1) is 16.5. The monoisotopic (exact) mass is 340 g/mol. The third kappa shape index (κ3) is 3.57. The number of rotatable bonds is 5. The molecule has 0 bridgehead atoms. The number of ether oxygens (including phenoxy) is 1. The summed E-state index contributed by atoms with van der Waals surface area (Å²) in [6.45, 7) is 6.05. The molecule has 0 unspecified atom stereocenters. The first-order valence-electron chi connectivity index (χ1n) is 8.03. The molecule has 1 heterocycles. The highest BCUT2D eigenvalue weighted by Crippen LogP contribution is 2.29. The van der Waals surface area contributed by atoms with E-state index in [2.05, 4.69) is 23.3 Å². The summed E-state index contributed by atoms with van der Waals surface area (Å²) in [4.78, 5) is 17.0. The average molecular weight is 340 g/mol. The Balaban J connectivity index is 1.77. The van der Waals surface area contributed by atoms with E-state index in [1.54, 1.807) is 12.1 Å². The molecular weight excluding hydrogens is 320 g/mol. The molecule has 5 heteroatoms. The fourth-order valence-corrected chi connectivity index (χ4v) is 3.38. The maximum Gasteiger partial charge on any atom is 0.257 e. The topological polar surface area (TPSA) is 51.2 Å². The van der Waals surface area contributed by atoms with Crippen LogP contribution in [0.1, 0.15) is 36.7 Å². The molecule has 0 saturated carbocycles. The summed E-state index contributed by atoms with van der Waals surface area (Å²) in [6, 6.07) is 13.3. The molecule has 1 amide bonds. The van der Waals surface area contributed by atoms with Crippen LogP contribution in [-0.2, 0) is 6.42 Å². The smallest absolute Gasteiger partial charge is 0.257 e. The Morgan fingerprint density at radius 1 is 1.21 bits per heavy atom. The van der Waals surface area contributed by atoms with Crippen LogP contribution in [0.3, 0.4) is 0 Å². The fourth-order valence-electron chi connectivity index (χ4n) is 2.47. The van der Waals surface area contributed by atoms with Crippen LogP contribution in [0.25, 0.3) is 10.2 Å². The van der Waals surface area contributed by atoms with Crippen LogP contribution in [0, 0.1) is 0 Å². The first-order chi connectivity index (χ1) is 11.6. The van der Waals surface area contributed by atoms with Gasteiger partial charge in [0.2, 0.25) is 0 Å². The van der Waals surface area contributed by atoms with Crippen LogP contribution < -0.4 is 10.1 Å². The fraction of sp³-hybridized carbons (Fsp3) is 0.263. The summed E-state index contributed by atoms with van der Waals surface area (Å²) >= 11 is 1.49. The second kappa shape index (κ2) is 7.01. The summed E-state index contributed by atoms with van der Waals surface area (Å²) in [5.41, 5.74) is 2.75. The predicted molar refractivity (Wildman–Crippen MR) is 99.2 cm³/mol. The quantitative estimate of drug-likeness (QED) is 0.719. The number of aryl methyl sites for hydroxylation is 1. The van der Waals surface area contributed by atoms with Gasteiger partial charge in [-0.25, -0.2) is 4.98 Å². The minimum absolute atomic E-state index is 0.111. The maximum atomic E-state index is 12.4. The summed E-state index contributed by atoms with van der Waals surface area (Å²) in [5.74, 6) is 0.595. The van der Waals surface area contributed by atoms with Gasteiger partial charge in [0.25, 0.3) is 5.91 Å². The van der Waals surface area contributed by atoms with Crippen molar-refractivity contribution in [2.24, 2.45) is 0 Å². The summed E-state index contributed by atoms with van der Waals surface area (Å²) in [5, 5.41) is 3.51. The zero-order chi connectivity index (χ0) is 17.1. The molecule has 0 aliphatic heterocycles. The minimum Gasteiger partial charge on any atom is -0.491 e. The molecule has 0 atom stereocenters. The van der Waals surface area contributed by atoms with E-state index >= 15 is 0 Å². The highest BCUT2D eigenvalue weighted by molar-refractivity contribution is 7.22. The standard InChI is InChI=1S/C19H20N2O2S/c1-4-13-6-5-7-16-17(13)20-19(24-16)21-18(22)14-8-10-15(11-9-14)23-12(2)3/h5-12H,4H2,1-3H3,(H,20,21,22). The Morgan fingerprint density at radius 2 is 1.96 bits per heavy atom. The Bertz CT molecular complexity index is 853.